The lowest BCUT2D eigenvalue weighted by atomic mass is 10.1. The summed E-state index contributed by atoms with van der Waals surface area (Å²) >= 11 is 0. The number of nitrogens with zero attached hydrogens (tertiary/aromatic N) is 7. The van der Waals surface area contributed by atoms with Gasteiger partial charge in [-0.15, -0.1) is 4.68 Å². The van der Waals surface area contributed by atoms with E-state index < -0.39 is 13.7 Å². The van der Waals surface area contributed by atoms with Crippen molar-refractivity contribution in [2.75, 3.05) is 0 Å². The molecule has 0 aliphatic rings. The highest BCUT2D eigenvalue weighted by atomic mass is 15.4. The molecule has 7 heteroatoms. The number of para-hydroxylation sites is 1. The molecule has 4 aromatic heterocycles. The summed E-state index contributed by atoms with van der Waals surface area (Å²) in [7, 11) is 5.73. The molecule has 0 aliphatic carbocycles. The van der Waals surface area contributed by atoms with Gasteiger partial charge in [0.2, 0.25) is 0 Å². The van der Waals surface area contributed by atoms with E-state index in [0.29, 0.717) is 17.2 Å². The largest absolute Gasteiger partial charge is 0.327 e. The first-order valence-electron chi connectivity index (χ1n) is 13.4. The second-order valence-corrected chi connectivity index (χ2v) is 8.29. The number of benzene rings is 1. The lowest BCUT2D eigenvalue weighted by Gasteiger charge is -2.09. The van der Waals surface area contributed by atoms with Crippen molar-refractivity contribution in [2.45, 2.75) is 34.5 Å². The molecular formula is C25H31N7+2. The predicted molar refractivity (Wildman–Crippen MR) is 124 cm³/mol. The van der Waals surface area contributed by atoms with Crippen LogP contribution in [-0.4, -0.2) is 23.2 Å². The Morgan fingerprint density at radius 3 is 2.47 bits per heavy atom. The minimum Gasteiger partial charge on any atom is -0.259 e. The highest BCUT2D eigenvalue weighted by Crippen LogP contribution is 2.25. The van der Waals surface area contributed by atoms with Crippen LogP contribution in [0.1, 0.15) is 36.4 Å². The summed E-state index contributed by atoms with van der Waals surface area (Å²) < 4.78 is 59.5. The zero-order valence-corrected chi connectivity index (χ0v) is 19.2. The quantitative estimate of drug-likeness (QED) is 0.402. The van der Waals surface area contributed by atoms with E-state index in [-0.39, 0.29) is 11.3 Å². The molecule has 0 aliphatic heterocycles. The Morgan fingerprint density at radius 2 is 1.75 bits per heavy atom. The molecule has 164 valence electrons. The fraction of sp³-hybridized carbons (Fsp3) is 0.320. The second kappa shape index (κ2) is 6.95. The van der Waals surface area contributed by atoms with E-state index in [4.69, 9.17) is 8.22 Å². The Morgan fingerprint density at radius 1 is 0.969 bits per heavy atom. The van der Waals surface area contributed by atoms with Crippen LogP contribution in [0.2, 0.25) is 0 Å². The molecule has 5 rings (SSSR count). The molecule has 32 heavy (non-hydrogen) atoms. The molecule has 0 saturated carbocycles. The Bertz CT molecular complexity index is 1710. The standard InChI is InChI=1S/C25H31N7/c1-16-10-9-11-17(2)22(16)30-15-14-27(6)24(30)21-12-13-31(29(21)8)23-20(5)32-19(4)18(3)26-25(32)28(23)7/h9-15H,1-8H3/q+2/i1D3,3D3. The summed E-state index contributed by atoms with van der Waals surface area (Å²) in [5, 5.41) is 0. The van der Waals surface area contributed by atoms with Gasteiger partial charge in [0.15, 0.2) is 5.69 Å². The second-order valence-electron chi connectivity index (χ2n) is 8.29. The number of hydrogen-bond donors (Lipinski definition) is 0. The van der Waals surface area contributed by atoms with Crippen LogP contribution in [-0.2, 0) is 21.1 Å². The molecule has 0 amide bonds. The molecule has 0 bridgehead atoms. The molecule has 0 atom stereocenters. The molecular weight excluding hydrogens is 398 g/mol. The average molecular weight is 436 g/mol. The summed E-state index contributed by atoms with van der Waals surface area (Å²) in [5.41, 5.74) is 4.18. The van der Waals surface area contributed by atoms with Gasteiger partial charge in [-0.25, -0.2) is 9.25 Å². The molecule has 0 unspecified atom stereocenters. The molecule has 0 spiro atoms. The van der Waals surface area contributed by atoms with Gasteiger partial charge in [-0.3, -0.25) is 4.40 Å². The zero-order valence-electron chi connectivity index (χ0n) is 25.2. The molecule has 4 heterocycles. The van der Waals surface area contributed by atoms with Gasteiger partial charge in [-0.2, -0.15) is 14.1 Å². The van der Waals surface area contributed by atoms with Crippen LogP contribution in [0.15, 0.2) is 42.9 Å². The summed E-state index contributed by atoms with van der Waals surface area (Å²) in [6.45, 7) is 1.07. The van der Waals surface area contributed by atoms with Crippen molar-refractivity contribution in [1.82, 2.24) is 23.2 Å². The third-order valence-corrected chi connectivity index (χ3v) is 6.34. The third-order valence-electron chi connectivity index (χ3n) is 6.34. The van der Waals surface area contributed by atoms with Crippen LogP contribution < -0.4 is 9.25 Å². The Hall–Kier alpha value is -3.61. The minimum absolute atomic E-state index is 0.100. The molecule has 0 radical (unpaired) electrons. The zero-order chi connectivity index (χ0) is 27.9. The van der Waals surface area contributed by atoms with Crippen LogP contribution in [0.25, 0.3) is 28.8 Å². The van der Waals surface area contributed by atoms with E-state index in [1.165, 1.54) is 0 Å². The van der Waals surface area contributed by atoms with E-state index >= 15 is 0 Å². The summed E-state index contributed by atoms with van der Waals surface area (Å²) in [6, 6.07) is 7.32. The van der Waals surface area contributed by atoms with Gasteiger partial charge >= 0.3 is 17.4 Å². The van der Waals surface area contributed by atoms with Gasteiger partial charge in [0, 0.05) is 27.0 Å². The number of hydrogen-bond acceptors (Lipinski definition) is 1. The first-order chi connectivity index (χ1) is 17.6. The fourth-order valence-corrected chi connectivity index (χ4v) is 4.71. The summed E-state index contributed by atoms with van der Waals surface area (Å²) in [6.07, 6.45) is 5.73. The fourth-order valence-electron chi connectivity index (χ4n) is 4.71. The van der Waals surface area contributed by atoms with Crippen molar-refractivity contribution in [1.29, 1.82) is 0 Å². The van der Waals surface area contributed by atoms with Gasteiger partial charge in [0.25, 0.3) is 0 Å². The molecule has 0 N–H and O–H groups in total. The van der Waals surface area contributed by atoms with Crippen molar-refractivity contribution >= 4 is 5.78 Å². The van der Waals surface area contributed by atoms with Crippen molar-refractivity contribution < 1.29 is 17.5 Å². The van der Waals surface area contributed by atoms with E-state index in [1.807, 2.05) is 93.2 Å². The number of aromatic nitrogens is 7. The molecule has 1 aromatic carbocycles. The Labute approximate surface area is 196 Å². The summed E-state index contributed by atoms with van der Waals surface area (Å²) in [5.74, 6) is 2.19. The van der Waals surface area contributed by atoms with Gasteiger partial charge in [0.05, 0.1) is 19.8 Å². The van der Waals surface area contributed by atoms with Crippen LogP contribution >= 0.6 is 0 Å². The van der Waals surface area contributed by atoms with Crippen molar-refractivity contribution in [3.05, 3.63) is 71.1 Å². The summed E-state index contributed by atoms with van der Waals surface area (Å²) in [4.78, 5) is 4.47. The van der Waals surface area contributed by atoms with Gasteiger partial charge in [-0.05, 0) is 45.6 Å². The number of imidazole rings is 3. The van der Waals surface area contributed by atoms with Crippen LogP contribution in [0.3, 0.4) is 0 Å². The highest BCUT2D eigenvalue weighted by molar-refractivity contribution is 5.56. The van der Waals surface area contributed by atoms with E-state index in [1.54, 1.807) is 19.1 Å². The maximum absolute atomic E-state index is 8.11. The maximum atomic E-state index is 8.11. The molecule has 7 nitrogen and oxygen atoms in total. The monoisotopic (exact) mass is 435 g/mol. The third kappa shape index (κ3) is 2.63. The topological polar surface area (TPSA) is 39.9 Å². The van der Waals surface area contributed by atoms with Crippen molar-refractivity contribution in [2.24, 2.45) is 21.1 Å². The van der Waals surface area contributed by atoms with Crippen LogP contribution in [0, 0.1) is 34.5 Å². The van der Waals surface area contributed by atoms with Crippen molar-refractivity contribution in [3.63, 3.8) is 0 Å². The van der Waals surface area contributed by atoms with Gasteiger partial charge in [-0.1, -0.05) is 18.2 Å². The predicted octanol–water partition coefficient (Wildman–Crippen LogP) is 3.11. The molecule has 0 fully saturated rings. The SMILES string of the molecule is [2H]C([2H])([2H])c1cccc(C)c1-n1cc[n+](C)c1-c1cc[n+](-c2c(C)n3c(C)c(C([2H])([2H])[2H])nc3n2C)n1C. The van der Waals surface area contributed by atoms with Crippen LogP contribution in [0.4, 0.5) is 0 Å². The molecule has 0 saturated heterocycles. The maximum Gasteiger partial charge on any atom is 0.327 e. The van der Waals surface area contributed by atoms with E-state index in [9.17, 15) is 0 Å². The number of fused-ring (bicyclic) bond motifs is 1. The Balaban J connectivity index is 1.71. The smallest absolute Gasteiger partial charge is 0.259 e. The first-order valence-corrected chi connectivity index (χ1v) is 10.4. The first kappa shape index (κ1) is 14.5. The normalized spacial score (nSPS) is 15.3. The number of rotatable bonds is 3. The number of aryl methyl sites for hydroxylation is 7. The van der Waals surface area contributed by atoms with Crippen molar-refractivity contribution in [3.8, 4) is 23.0 Å². The minimum atomic E-state index is -2.29. The van der Waals surface area contributed by atoms with E-state index in [2.05, 4.69) is 4.98 Å². The average Bonchev–Trinajstić information content (AvgIpc) is 3.52. The lowest BCUT2D eigenvalue weighted by molar-refractivity contribution is -0.689. The lowest BCUT2D eigenvalue weighted by Crippen LogP contribution is -2.42. The highest BCUT2D eigenvalue weighted by Gasteiger charge is 2.30. The molecule has 5 aromatic rings. The Kier molecular flexibility index (Phi) is 3.14. The van der Waals surface area contributed by atoms with E-state index in [0.717, 1.165) is 28.6 Å². The van der Waals surface area contributed by atoms with Gasteiger partial charge < -0.3 is 0 Å². The van der Waals surface area contributed by atoms with Crippen LogP contribution in [0.5, 0.6) is 0 Å². The van der Waals surface area contributed by atoms with Gasteiger partial charge in [0.1, 0.15) is 30.0 Å².